The second-order valence-corrected chi connectivity index (χ2v) is 3.36. The number of alkyl halides is 3. The molecular formula is C9H9F3N4O3. The Morgan fingerprint density at radius 2 is 2.05 bits per heavy atom. The van der Waals surface area contributed by atoms with Crippen molar-refractivity contribution >= 4 is 23.0 Å². The standard InChI is InChI=1S/C9H9F3N4O3/c1-14-15(8(17)9(10,11)12)7-3-2-5(16(18)19)4-6(7)13/h2-4,14H,13H2,1H3. The molecule has 1 aromatic carbocycles. The van der Waals surface area contributed by atoms with Crippen LogP contribution >= 0.6 is 0 Å². The number of nitrogen functional groups attached to an aromatic ring is 1. The summed E-state index contributed by atoms with van der Waals surface area (Å²) in [6.07, 6.45) is -5.10. The van der Waals surface area contributed by atoms with E-state index in [1.54, 1.807) is 0 Å². The van der Waals surface area contributed by atoms with E-state index in [9.17, 15) is 28.1 Å². The van der Waals surface area contributed by atoms with Crippen LogP contribution in [0.4, 0.5) is 30.2 Å². The number of carbonyl (C=O) groups excluding carboxylic acids is 1. The van der Waals surface area contributed by atoms with Gasteiger partial charge in [-0.3, -0.25) is 14.9 Å². The molecule has 0 aliphatic carbocycles. The maximum atomic E-state index is 12.3. The average Bonchev–Trinajstić information content (AvgIpc) is 2.30. The van der Waals surface area contributed by atoms with Crippen molar-refractivity contribution in [2.75, 3.05) is 17.8 Å². The van der Waals surface area contributed by atoms with Crippen LogP contribution in [0, 0.1) is 10.1 Å². The third-order valence-electron chi connectivity index (χ3n) is 2.13. The average molecular weight is 278 g/mol. The van der Waals surface area contributed by atoms with Crippen molar-refractivity contribution in [3.63, 3.8) is 0 Å². The van der Waals surface area contributed by atoms with Crippen LogP contribution in [0.3, 0.4) is 0 Å². The van der Waals surface area contributed by atoms with Crippen molar-refractivity contribution in [1.82, 2.24) is 5.43 Å². The lowest BCUT2D eigenvalue weighted by molar-refractivity contribution is -0.384. The number of carbonyl (C=O) groups is 1. The molecule has 0 heterocycles. The number of anilines is 2. The first-order chi connectivity index (χ1) is 8.68. The maximum absolute atomic E-state index is 12.3. The van der Waals surface area contributed by atoms with Gasteiger partial charge in [0.25, 0.3) is 5.69 Å². The van der Waals surface area contributed by atoms with Gasteiger partial charge in [-0.15, -0.1) is 0 Å². The van der Waals surface area contributed by atoms with Crippen LogP contribution in [0.15, 0.2) is 18.2 Å². The molecule has 3 N–H and O–H groups in total. The number of benzene rings is 1. The van der Waals surface area contributed by atoms with Gasteiger partial charge in [-0.25, -0.2) is 10.4 Å². The molecule has 1 rings (SSSR count). The number of hydrogen-bond donors (Lipinski definition) is 2. The summed E-state index contributed by atoms with van der Waals surface area (Å²) >= 11 is 0. The Morgan fingerprint density at radius 3 is 2.42 bits per heavy atom. The van der Waals surface area contributed by atoms with E-state index in [0.717, 1.165) is 25.2 Å². The van der Waals surface area contributed by atoms with Crippen molar-refractivity contribution in [2.45, 2.75) is 6.18 Å². The molecule has 0 atom stereocenters. The van der Waals surface area contributed by atoms with Gasteiger partial charge in [-0.2, -0.15) is 13.2 Å². The quantitative estimate of drug-likeness (QED) is 0.491. The van der Waals surface area contributed by atoms with E-state index in [4.69, 9.17) is 5.73 Å². The summed E-state index contributed by atoms with van der Waals surface area (Å²) in [7, 11) is 1.09. The fraction of sp³-hybridized carbons (Fsp3) is 0.222. The van der Waals surface area contributed by atoms with Crippen molar-refractivity contribution in [2.24, 2.45) is 0 Å². The number of nitrogens with two attached hydrogens (primary N) is 1. The predicted molar refractivity (Wildman–Crippen MR) is 60.1 cm³/mol. The van der Waals surface area contributed by atoms with E-state index in [1.807, 2.05) is 5.43 Å². The summed E-state index contributed by atoms with van der Waals surface area (Å²) in [5, 5.41) is 10.6. The minimum atomic E-state index is -5.10. The van der Waals surface area contributed by atoms with Crippen molar-refractivity contribution in [3.05, 3.63) is 28.3 Å². The van der Waals surface area contributed by atoms with Gasteiger partial charge in [-0.1, -0.05) is 0 Å². The largest absolute Gasteiger partial charge is 0.473 e. The Kier molecular flexibility index (Phi) is 3.95. The highest BCUT2D eigenvalue weighted by Gasteiger charge is 2.43. The lowest BCUT2D eigenvalue weighted by Gasteiger charge is -2.23. The Hall–Kier alpha value is -2.36. The van der Waals surface area contributed by atoms with E-state index in [-0.39, 0.29) is 16.4 Å². The Balaban J connectivity index is 3.20. The zero-order valence-corrected chi connectivity index (χ0v) is 9.56. The zero-order chi connectivity index (χ0) is 14.8. The number of nitro groups is 1. The molecule has 0 radical (unpaired) electrons. The first-order valence-corrected chi connectivity index (χ1v) is 4.81. The molecule has 0 spiro atoms. The van der Waals surface area contributed by atoms with Crippen LogP contribution in [-0.4, -0.2) is 24.1 Å². The molecule has 1 aromatic rings. The minimum absolute atomic E-state index is 0.166. The third kappa shape index (κ3) is 3.10. The molecule has 0 saturated carbocycles. The highest BCUT2D eigenvalue weighted by atomic mass is 19.4. The highest BCUT2D eigenvalue weighted by molar-refractivity contribution is 5.99. The fourth-order valence-corrected chi connectivity index (χ4v) is 1.32. The van der Waals surface area contributed by atoms with Crippen LogP contribution in [-0.2, 0) is 4.79 Å². The molecular weight excluding hydrogens is 269 g/mol. The van der Waals surface area contributed by atoms with Gasteiger partial charge in [0.2, 0.25) is 0 Å². The molecule has 0 unspecified atom stereocenters. The van der Waals surface area contributed by atoms with E-state index < -0.39 is 22.7 Å². The molecule has 19 heavy (non-hydrogen) atoms. The molecule has 104 valence electrons. The molecule has 0 aromatic heterocycles. The van der Waals surface area contributed by atoms with Gasteiger partial charge >= 0.3 is 12.1 Å². The normalized spacial score (nSPS) is 11.2. The third-order valence-corrected chi connectivity index (χ3v) is 2.13. The molecule has 0 aliphatic rings. The number of rotatable bonds is 3. The summed E-state index contributed by atoms with van der Waals surface area (Å²) in [5.74, 6) is -2.18. The molecule has 0 fully saturated rings. The number of nitro benzene ring substituents is 1. The van der Waals surface area contributed by atoms with Crippen LogP contribution in [0.5, 0.6) is 0 Å². The molecule has 0 saturated heterocycles. The summed E-state index contributed by atoms with van der Waals surface area (Å²) in [6, 6.07) is 2.76. The fourth-order valence-electron chi connectivity index (χ4n) is 1.32. The van der Waals surface area contributed by atoms with Crippen LogP contribution in [0.1, 0.15) is 0 Å². The van der Waals surface area contributed by atoms with Crippen LogP contribution in [0.2, 0.25) is 0 Å². The van der Waals surface area contributed by atoms with Crippen molar-refractivity contribution < 1.29 is 22.9 Å². The van der Waals surface area contributed by atoms with Gasteiger partial charge in [0.05, 0.1) is 16.3 Å². The second-order valence-electron chi connectivity index (χ2n) is 3.36. The summed E-state index contributed by atoms with van der Waals surface area (Å²) < 4.78 is 37.0. The molecule has 7 nitrogen and oxygen atoms in total. The van der Waals surface area contributed by atoms with Gasteiger partial charge in [0.1, 0.15) is 0 Å². The molecule has 0 bridgehead atoms. The summed E-state index contributed by atoms with van der Waals surface area (Å²) in [4.78, 5) is 20.8. The number of nitrogens with one attached hydrogen (secondary N) is 1. The van der Waals surface area contributed by atoms with Gasteiger partial charge < -0.3 is 5.73 Å². The highest BCUT2D eigenvalue weighted by Crippen LogP contribution is 2.29. The maximum Gasteiger partial charge on any atom is 0.473 e. The van der Waals surface area contributed by atoms with Crippen molar-refractivity contribution in [1.29, 1.82) is 0 Å². The number of nitrogens with zero attached hydrogens (tertiary/aromatic N) is 2. The topological polar surface area (TPSA) is 102 Å². The second kappa shape index (κ2) is 5.10. The Morgan fingerprint density at radius 1 is 1.47 bits per heavy atom. The Bertz CT molecular complexity index is 518. The van der Waals surface area contributed by atoms with E-state index in [1.165, 1.54) is 0 Å². The van der Waals surface area contributed by atoms with E-state index >= 15 is 0 Å². The number of hydrogen-bond acceptors (Lipinski definition) is 5. The SMILES string of the molecule is CNN(C(=O)C(F)(F)F)c1ccc([N+](=O)[O-])cc1N. The summed E-state index contributed by atoms with van der Waals surface area (Å²) in [6.45, 7) is 0. The number of halogens is 3. The van der Waals surface area contributed by atoms with Gasteiger partial charge in [0.15, 0.2) is 0 Å². The lowest BCUT2D eigenvalue weighted by Crippen LogP contribution is -2.48. The van der Waals surface area contributed by atoms with Gasteiger partial charge in [-0.05, 0) is 6.07 Å². The summed E-state index contributed by atoms with van der Waals surface area (Å²) in [5.41, 5.74) is 6.39. The number of amides is 1. The van der Waals surface area contributed by atoms with E-state index in [2.05, 4.69) is 0 Å². The lowest BCUT2D eigenvalue weighted by atomic mass is 10.2. The molecule has 10 heteroatoms. The zero-order valence-electron chi connectivity index (χ0n) is 9.56. The molecule has 0 aliphatic heterocycles. The van der Waals surface area contributed by atoms with Crippen LogP contribution in [0.25, 0.3) is 0 Å². The predicted octanol–water partition coefficient (Wildman–Crippen LogP) is 1.21. The minimum Gasteiger partial charge on any atom is -0.397 e. The smallest absolute Gasteiger partial charge is 0.397 e. The molecule has 1 amide bonds. The Labute approximate surface area is 104 Å². The van der Waals surface area contributed by atoms with Crippen molar-refractivity contribution in [3.8, 4) is 0 Å². The van der Waals surface area contributed by atoms with Gasteiger partial charge in [0, 0.05) is 19.2 Å². The van der Waals surface area contributed by atoms with E-state index in [0.29, 0.717) is 0 Å². The first-order valence-electron chi connectivity index (χ1n) is 4.81. The number of non-ortho nitro benzene ring substituents is 1. The monoisotopic (exact) mass is 278 g/mol. The van der Waals surface area contributed by atoms with Crippen LogP contribution < -0.4 is 16.2 Å². The first kappa shape index (κ1) is 14.7. The number of hydrazine groups is 1.